The fraction of sp³-hybridized carbons (Fsp3) is 0.625. The smallest absolute Gasteiger partial charge is 0.172 e. The van der Waals surface area contributed by atoms with Gasteiger partial charge in [0.25, 0.3) is 0 Å². The lowest BCUT2D eigenvalue weighted by molar-refractivity contribution is -0.118. The van der Waals surface area contributed by atoms with Crippen molar-refractivity contribution in [3.8, 4) is 0 Å². The van der Waals surface area contributed by atoms with E-state index < -0.39 is 0 Å². The van der Waals surface area contributed by atoms with Gasteiger partial charge in [-0.15, -0.1) is 0 Å². The fourth-order valence-electron chi connectivity index (χ4n) is 0.949. The molecule has 0 amide bonds. The van der Waals surface area contributed by atoms with E-state index in [1.54, 1.807) is 0 Å². The van der Waals surface area contributed by atoms with Gasteiger partial charge in [0.05, 0.1) is 6.04 Å². The van der Waals surface area contributed by atoms with Crippen LogP contribution in [-0.2, 0) is 4.79 Å². The minimum Gasteiger partial charge on any atom is -0.330 e. The molecule has 0 saturated carbocycles. The molecule has 2 N–H and O–H groups in total. The van der Waals surface area contributed by atoms with Gasteiger partial charge in [0.15, 0.2) is 5.78 Å². The number of hydrogen-bond acceptors (Lipinski definition) is 3. The maximum absolute atomic E-state index is 11.1. The van der Waals surface area contributed by atoms with E-state index in [2.05, 4.69) is 6.58 Å². The van der Waals surface area contributed by atoms with Crippen LogP contribution in [0, 0.1) is 0 Å². The van der Waals surface area contributed by atoms with Crippen LogP contribution in [0.15, 0.2) is 12.7 Å². The molecule has 0 aliphatic carbocycles. The summed E-state index contributed by atoms with van der Waals surface area (Å²) < 4.78 is 0. The summed E-state index contributed by atoms with van der Waals surface area (Å²) in [5, 5.41) is 0. The van der Waals surface area contributed by atoms with Crippen LogP contribution >= 0.6 is 0 Å². The molecule has 0 aromatic rings. The predicted molar refractivity (Wildman–Crippen MR) is 46.4 cm³/mol. The number of rotatable bonds is 5. The summed E-state index contributed by atoms with van der Waals surface area (Å²) in [5.41, 5.74) is 5.35. The molecule has 3 heteroatoms. The van der Waals surface area contributed by atoms with Crippen molar-refractivity contribution in [1.29, 1.82) is 0 Å². The summed E-state index contributed by atoms with van der Waals surface area (Å²) in [7, 11) is 3.73. The topological polar surface area (TPSA) is 46.3 Å². The Morgan fingerprint density at radius 1 is 1.73 bits per heavy atom. The molecule has 64 valence electrons. The van der Waals surface area contributed by atoms with Crippen molar-refractivity contribution in [3.05, 3.63) is 12.7 Å². The lowest BCUT2D eigenvalue weighted by Gasteiger charge is -2.20. The van der Waals surface area contributed by atoms with Crippen LogP contribution in [0.25, 0.3) is 0 Å². The second kappa shape index (κ2) is 5.04. The van der Waals surface area contributed by atoms with Gasteiger partial charge in [-0.1, -0.05) is 6.58 Å². The highest BCUT2D eigenvalue weighted by Crippen LogP contribution is 2.00. The molecule has 0 fully saturated rings. The molecule has 1 unspecified atom stereocenters. The zero-order chi connectivity index (χ0) is 8.85. The average Bonchev–Trinajstić information content (AvgIpc) is 1.98. The number of nitrogens with two attached hydrogens (primary N) is 1. The van der Waals surface area contributed by atoms with E-state index in [9.17, 15) is 4.79 Å². The van der Waals surface area contributed by atoms with Crippen LogP contribution < -0.4 is 5.73 Å². The summed E-state index contributed by atoms with van der Waals surface area (Å²) in [4.78, 5) is 13.0. The third-order valence-electron chi connectivity index (χ3n) is 1.59. The first-order valence-electron chi connectivity index (χ1n) is 3.66. The highest BCUT2D eigenvalue weighted by atomic mass is 16.1. The van der Waals surface area contributed by atoms with Crippen LogP contribution in [0.1, 0.15) is 6.42 Å². The van der Waals surface area contributed by atoms with Gasteiger partial charge >= 0.3 is 0 Å². The highest BCUT2D eigenvalue weighted by molar-refractivity contribution is 5.93. The molecule has 0 rings (SSSR count). The maximum Gasteiger partial charge on any atom is 0.172 e. The van der Waals surface area contributed by atoms with Crippen LogP contribution in [0.4, 0.5) is 0 Å². The van der Waals surface area contributed by atoms with Gasteiger partial charge in [-0.05, 0) is 33.1 Å². The number of hydrogen-bond donors (Lipinski definition) is 1. The molecule has 0 bridgehead atoms. The van der Waals surface area contributed by atoms with Crippen LogP contribution in [-0.4, -0.2) is 37.4 Å². The highest BCUT2D eigenvalue weighted by Gasteiger charge is 2.15. The summed E-state index contributed by atoms with van der Waals surface area (Å²) in [6.07, 6.45) is 2.04. The lowest BCUT2D eigenvalue weighted by Crippen LogP contribution is -2.36. The molecular weight excluding hydrogens is 140 g/mol. The zero-order valence-corrected chi connectivity index (χ0v) is 7.21. The Balaban J connectivity index is 4.08. The second-order valence-electron chi connectivity index (χ2n) is 2.66. The average molecular weight is 156 g/mol. The summed E-state index contributed by atoms with van der Waals surface area (Å²) >= 11 is 0. The molecule has 0 radical (unpaired) electrons. The third kappa shape index (κ3) is 3.30. The van der Waals surface area contributed by atoms with Crippen molar-refractivity contribution in [2.75, 3.05) is 20.6 Å². The molecule has 1 atom stereocenters. The quantitative estimate of drug-likeness (QED) is 0.571. The Kier molecular flexibility index (Phi) is 4.74. The maximum atomic E-state index is 11.1. The second-order valence-corrected chi connectivity index (χ2v) is 2.66. The molecule has 11 heavy (non-hydrogen) atoms. The SMILES string of the molecule is C=CC(=O)C(CCN)N(C)C. The van der Waals surface area contributed by atoms with E-state index in [4.69, 9.17) is 5.73 Å². The number of carbonyl (C=O) groups is 1. The molecule has 0 aromatic carbocycles. The van der Waals surface area contributed by atoms with Gasteiger partial charge in [0, 0.05) is 0 Å². The van der Waals surface area contributed by atoms with Gasteiger partial charge in [0.1, 0.15) is 0 Å². The van der Waals surface area contributed by atoms with E-state index in [0.29, 0.717) is 13.0 Å². The van der Waals surface area contributed by atoms with Crippen molar-refractivity contribution < 1.29 is 4.79 Å². The van der Waals surface area contributed by atoms with Crippen LogP contribution in [0.5, 0.6) is 0 Å². The predicted octanol–water partition coefficient (Wildman–Crippen LogP) is 0.0205. The molecule has 0 spiro atoms. The number of nitrogens with zero attached hydrogens (tertiary/aromatic N) is 1. The minimum atomic E-state index is -0.0995. The lowest BCUT2D eigenvalue weighted by atomic mass is 10.1. The van der Waals surface area contributed by atoms with Crippen molar-refractivity contribution in [2.45, 2.75) is 12.5 Å². The summed E-state index contributed by atoms with van der Waals surface area (Å²) in [6.45, 7) is 3.96. The van der Waals surface area contributed by atoms with Crippen LogP contribution in [0.3, 0.4) is 0 Å². The van der Waals surface area contributed by atoms with Crippen molar-refractivity contribution in [1.82, 2.24) is 4.90 Å². The zero-order valence-electron chi connectivity index (χ0n) is 7.21. The van der Waals surface area contributed by atoms with E-state index >= 15 is 0 Å². The summed E-state index contributed by atoms with van der Waals surface area (Å²) in [5.74, 6) is 0.0421. The van der Waals surface area contributed by atoms with Crippen molar-refractivity contribution >= 4 is 5.78 Å². The minimum absolute atomic E-state index is 0.0421. The van der Waals surface area contributed by atoms with Crippen LogP contribution in [0.2, 0.25) is 0 Å². The molecule has 0 aliphatic heterocycles. The number of carbonyl (C=O) groups excluding carboxylic acids is 1. The van der Waals surface area contributed by atoms with E-state index in [1.165, 1.54) is 6.08 Å². The normalized spacial score (nSPS) is 13.1. The monoisotopic (exact) mass is 156 g/mol. The molecule has 0 saturated heterocycles. The van der Waals surface area contributed by atoms with Gasteiger partial charge in [-0.25, -0.2) is 0 Å². The van der Waals surface area contributed by atoms with Crippen molar-refractivity contribution in [2.24, 2.45) is 5.73 Å². The Morgan fingerprint density at radius 3 is 2.55 bits per heavy atom. The summed E-state index contributed by atoms with van der Waals surface area (Å²) in [6, 6.07) is -0.0995. The fourth-order valence-corrected chi connectivity index (χ4v) is 0.949. The van der Waals surface area contributed by atoms with Gasteiger partial charge in [-0.3, -0.25) is 9.69 Å². The Labute approximate surface area is 67.9 Å². The Hall–Kier alpha value is -0.670. The first-order chi connectivity index (χ1) is 5.13. The van der Waals surface area contributed by atoms with Gasteiger partial charge in [-0.2, -0.15) is 0 Å². The molecule has 0 heterocycles. The molecular formula is C8H16N2O. The van der Waals surface area contributed by atoms with Gasteiger partial charge < -0.3 is 5.73 Å². The van der Waals surface area contributed by atoms with E-state index in [0.717, 1.165) is 0 Å². The number of likely N-dealkylation sites (N-methyl/N-ethyl adjacent to an activating group) is 1. The van der Waals surface area contributed by atoms with Gasteiger partial charge in [0.2, 0.25) is 0 Å². The third-order valence-corrected chi connectivity index (χ3v) is 1.59. The molecule has 0 aliphatic rings. The first kappa shape index (κ1) is 10.3. The van der Waals surface area contributed by atoms with Crippen molar-refractivity contribution in [3.63, 3.8) is 0 Å². The number of ketones is 1. The Morgan fingerprint density at radius 2 is 2.27 bits per heavy atom. The molecule has 3 nitrogen and oxygen atoms in total. The van der Waals surface area contributed by atoms with E-state index in [-0.39, 0.29) is 11.8 Å². The standard InChI is InChI=1S/C8H16N2O/c1-4-8(11)7(5-6-9)10(2)3/h4,7H,1,5-6,9H2,2-3H3. The Bertz CT molecular complexity index is 143. The van der Waals surface area contributed by atoms with E-state index in [1.807, 2.05) is 19.0 Å². The molecule has 0 aromatic heterocycles. The first-order valence-corrected chi connectivity index (χ1v) is 3.66. The largest absolute Gasteiger partial charge is 0.330 e.